The Balaban J connectivity index is 2.17. The molecule has 0 aliphatic carbocycles. The van der Waals surface area contributed by atoms with Gasteiger partial charge in [-0.05, 0) is 18.2 Å². The Morgan fingerprint density at radius 1 is 1.17 bits per heavy atom. The predicted octanol–water partition coefficient (Wildman–Crippen LogP) is 2.10. The van der Waals surface area contributed by atoms with E-state index in [4.69, 9.17) is 10.5 Å². The van der Waals surface area contributed by atoms with Gasteiger partial charge in [0.1, 0.15) is 17.4 Å². The van der Waals surface area contributed by atoms with Gasteiger partial charge in [-0.15, -0.1) is 0 Å². The van der Waals surface area contributed by atoms with Gasteiger partial charge in [-0.25, -0.2) is 8.78 Å². The minimum absolute atomic E-state index is 0.0465. The van der Waals surface area contributed by atoms with Gasteiger partial charge in [0, 0.05) is 25.2 Å². The van der Waals surface area contributed by atoms with Gasteiger partial charge in [0.25, 0.3) is 11.8 Å². The number of rotatable bonds is 6. The molecule has 0 atom stereocenters. The van der Waals surface area contributed by atoms with Gasteiger partial charge in [0.05, 0.1) is 5.56 Å². The quantitative estimate of drug-likeness (QED) is 0.879. The first-order valence-corrected chi connectivity index (χ1v) is 7.08. The minimum Gasteiger partial charge on any atom is -0.483 e. The number of halogens is 2. The number of para-hydroxylation sites is 1. The van der Waals surface area contributed by atoms with Gasteiger partial charge >= 0.3 is 0 Å². The maximum Gasteiger partial charge on any atom is 0.257 e. The van der Waals surface area contributed by atoms with Gasteiger partial charge in [-0.3, -0.25) is 9.59 Å². The van der Waals surface area contributed by atoms with E-state index < -0.39 is 23.4 Å². The van der Waals surface area contributed by atoms with Crippen LogP contribution in [0.3, 0.4) is 0 Å². The number of amides is 2. The lowest BCUT2D eigenvalue weighted by Gasteiger charge is -2.19. The molecule has 0 radical (unpaired) electrons. The van der Waals surface area contributed by atoms with Crippen molar-refractivity contribution in [3.05, 3.63) is 65.2 Å². The van der Waals surface area contributed by atoms with E-state index in [-0.39, 0.29) is 30.0 Å². The number of hydrogen-bond donors (Lipinski definition) is 1. The van der Waals surface area contributed by atoms with Crippen LogP contribution in [0.5, 0.6) is 5.75 Å². The molecule has 2 rings (SSSR count). The molecule has 0 unspecified atom stereocenters. The first-order valence-electron chi connectivity index (χ1n) is 7.08. The molecule has 0 aliphatic rings. The number of nitrogens with zero attached hydrogens (tertiary/aromatic N) is 1. The first kappa shape index (κ1) is 17.4. The largest absolute Gasteiger partial charge is 0.483 e. The average molecular weight is 334 g/mol. The highest BCUT2D eigenvalue weighted by molar-refractivity contribution is 5.96. The summed E-state index contributed by atoms with van der Waals surface area (Å²) in [6.45, 7) is -0.407. The lowest BCUT2D eigenvalue weighted by Crippen LogP contribution is -2.28. The van der Waals surface area contributed by atoms with Crippen LogP contribution < -0.4 is 10.5 Å². The minimum atomic E-state index is -0.729. The van der Waals surface area contributed by atoms with E-state index in [2.05, 4.69) is 0 Å². The first-order chi connectivity index (χ1) is 11.4. The highest BCUT2D eigenvalue weighted by Crippen LogP contribution is 2.21. The number of carbonyl (C=O) groups is 2. The van der Waals surface area contributed by atoms with Crippen LogP contribution in [0.1, 0.15) is 15.9 Å². The van der Waals surface area contributed by atoms with Crippen LogP contribution in [-0.4, -0.2) is 30.4 Å². The Morgan fingerprint density at radius 2 is 1.88 bits per heavy atom. The van der Waals surface area contributed by atoms with Crippen LogP contribution >= 0.6 is 0 Å². The van der Waals surface area contributed by atoms with Gasteiger partial charge in [0.2, 0.25) is 0 Å². The maximum atomic E-state index is 13.7. The summed E-state index contributed by atoms with van der Waals surface area (Å²) in [7, 11) is 1.48. The van der Waals surface area contributed by atoms with E-state index in [1.165, 1.54) is 30.1 Å². The predicted molar refractivity (Wildman–Crippen MR) is 83.3 cm³/mol. The summed E-state index contributed by atoms with van der Waals surface area (Å²) >= 11 is 0. The van der Waals surface area contributed by atoms with Crippen molar-refractivity contribution in [1.29, 1.82) is 0 Å². The second-order valence-corrected chi connectivity index (χ2v) is 5.15. The molecular formula is C17H16F2N2O3. The molecule has 0 spiro atoms. The monoisotopic (exact) mass is 334 g/mol. The zero-order chi connectivity index (χ0) is 17.7. The average Bonchev–Trinajstić information content (AvgIpc) is 2.55. The molecule has 0 fully saturated rings. The van der Waals surface area contributed by atoms with E-state index in [1.54, 1.807) is 12.1 Å². The van der Waals surface area contributed by atoms with E-state index in [9.17, 15) is 18.4 Å². The van der Waals surface area contributed by atoms with Gasteiger partial charge in [-0.2, -0.15) is 0 Å². The van der Waals surface area contributed by atoms with Crippen molar-refractivity contribution in [2.75, 3.05) is 13.7 Å². The molecule has 0 saturated carbocycles. The molecule has 7 heteroatoms. The van der Waals surface area contributed by atoms with Crippen LogP contribution in [-0.2, 0) is 11.3 Å². The number of carbonyl (C=O) groups excluding carboxylic acids is 2. The Labute approximate surface area is 137 Å². The number of benzene rings is 2. The van der Waals surface area contributed by atoms with Crippen molar-refractivity contribution in [3.63, 3.8) is 0 Å². The SMILES string of the molecule is CN(Cc1ccc(F)cc1F)C(=O)c1ccccc1OCC(N)=O. The third-order valence-corrected chi connectivity index (χ3v) is 3.26. The molecule has 2 amide bonds. The van der Waals surface area contributed by atoms with E-state index >= 15 is 0 Å². The summed E-state index contributed by atoms with van der Waals surface area (Å²) in [6.07, 6.45) is 0. The summed E-state index contributed by atoms with van der Waals surface area (Å²) in [4.78, 5) is 24.6. The fourth-order valence-corrected chi connectivity index (χ4v) is 2.10. The van der Waals surface area contributed by atoms with Crippen molar-refractivity contribution < 1.29 is 23.1 Å². The zero-order valence-electron chi connectivity index (χ0n) is 13.0. The van der Waals surface area contributed by atoms with Gasteiger partial charge in [-0.1, -0.05) is 18.2 Å². The van der Waals surface area contributed by atoms with Crippen molar-refractivity contribution in [1.82, 2.24) is 4.90 Å². The standard InChI is InChI=1S/C17H16F2N2O3/c1-21(9-11-6-7-12(18)8-14(11)19)17(23)13-4-2-3-5-15(13)24-10-16(20)22/h2-8H,9-10H2,1H3,(H2,20,22). The number of nitrogens with two attached hydrogens (primary N) is 1. The smallest absolute Gasteiger partial charge is 0.257 e. The molecular weight excluding hydrogens is 318 g/mol. The Morgan fingerprint density at radius 3 is 2.54 bits per heavy atom. The molecule has 0 aromatic heterocycles. The lowest BCUT2D eigenvalue weighted by atomic mass is 10.1. The Hall–Kier alpha value is -2.96. The van der Waals surface area contributed by atoms with E-state index in [1.807, 2.05) is 0 Å². The summed E-state index contributed by atoms with van der Waals surface area (Å²) in [6, 6.07) is 9.50. The molecule has 2 aromatic rings. The fraction of sp³-hybridized carbons (Fsp3) is 0.176. The molecule has 5 nitrogen and oxygen atoms in total. The summed E-state index contributed by atoms with van der Waals surface area (Å²) in [5.74, 6) is -2.31. The molecule has 0 heterocycles. The van der Waals surface area contributed by atoms with Crippen molar-refractivity contribution >= 4 is 11.8 Å². The number of ether oxygens (including phenoxy) is 1. The second kappa shape index (κ2) is 7.54. The third-order valence-electron chi connectivity index (χ3n) is 3.26. The van der Waals surface area contributed by atoms with Crippen LogP contribution in [0.2, 0.25) is 0 Å². The van der Waals surface area contributed by atoms with E-state index in [0.29, 0.717) is 0 Å². The van der Waals surface area contributed by atoms with Crippen LogP contribution in [0.25, 0.3) is 0 Å². The second-order valence-electron chi connectivity index (χ2n) is 5.15. The van der Waals surface area contributed by atoms with Crippen LogP contribution in [0, 0.1) is 11.6 Å². The molecule has 0 bridgehead atoms. The highest BCUT2D eigenvalue weighted by atomic mass is 19.1. The summed E-state index contributed by atoms with van der Waals surface area (Å²) in [5.41, 5.74) is 5.42. The topological polar surface area (TPSA) is 72.6 Å². The Kier molecular flexibility index (Phi) is 5.47. The lowest BCUT2D eigenvalue weighted by molar-refractivity contribution is -0.119. The molecule has 0 aliphatic heterocycles. The molecule has 2 aromatic carbocycles. The maximum absolute atomic E-state index is 13.7. The van der Waals surface area contributed by atoms with E-state index in [0.717, 1.165) is 12.1 Å². The molecule has 24 heavy (non-hydrogen) atoms. The van der Waals surface area contributed by atoms with Crippen molar-refractivity contribution in [2.24, 2.45) is 5.73 Å². The van der Waals surface area contributed by atoms with Crippen LogP contribution in [0.4, 0.5) is 8.78 Å². The van der Waals surface area contributed by atoms with Crippen LogP contribution in [0.15, 0.2) is 42.5 Å². The summed E-state index contributed by atoms with van der Waals surface area (Å²) in [5, 5.41) is 0. The van der Waals surface area contributed by atoms with Gasteiger partial charge in [0.15, 0.2) is 6.61 Å². The van der Waals surface area contributed by atoms with Crippen molar-refractivity contribution in [3.8, 4) is 5.75 Å². The molecule has 126 valence electrons. The highest BCUT2D eigenvalue weighted by Gasteiger charge is 2.18. The normalized spacial score (nSPS) is 10.3. The third kappa shape index (κ3) is 4.28. The van der Waals surface area contributed by atoms with Gasteiger partial charge < -0.3 is 15.4 Å². The fourth-order valence-electron chi connectivity index (χ4n) is 2.10. The zero-order valence-corrected chi connectivity index (χ0v) is 13.0. The summed E-state index contributed by atoms with van der Waals surface area (Å²) < 4.78 is 31.9. The Bertz CT molecular complexity index is 765. The van der Waals surface area contributed by atoms with Crippen molar-refractivity contribution in [2.45, 2.75) is 6.54 Å². The molecule has 2 N–H and O–H groups in total. The number of hydrogen-bond acceptors (Lipinski definition) is 3. The molecule has 0 saturated heterocycles. The number of primary amides is 1.